The number of hydrogen-bond acceptors (Lipinski definition) is 8. The number of hydrogen-bond donors (Lipinski definition) is 3. The summed E-state index contributed by atoms with van der Waals surface area (Å²) < 4.78 is 74.4. The van der Waals surface area contributed by atoms with Crippen molar-refractivity contribution in [2.45, 2.75) is 83.9 Å². The van der Waals surface area contributed by atoms with Crippen LogP contribution in [0.3, 0.4) is 0 Å². The first-order chi connectivity index (χ1) is 21.8. The van der Waals surface area contributed by atoms with Crippen molar-refractivity contribution in [1.29, 1.82) is 0 Å². The Kier molecular flexibility index (Phi) is 9.01. The number of sulfonamides is 1. The maximum atomic E-state index is 14.1. The molecule has 2 aromatic rings. The number of rotatable bonds is 11. The monoisotopic (exact) mass is 683 g/mol. The lowest BCUT2D eigenvalue weighted by atomic mass is 9.94. The molecular weight excluding hydrogens is 643 g/mol. The molecule has 0 unspecified atom stereocenters. The van der Waals surface area contributed by atoms with Crippen LogP contribution < -0.4 is 15.4 Å². The van der Waals surface area contributed by atoms with Gasteiger partial charge in [-0.3, -0.25) is 19.2 Å². The number of carbonyl (C=O) groups excluding carboxylic acids is 4. The third kappa shape index (κ3) is 6.50. The van der Waals surface area contributed by atoms with Crippen molar-refractivity contribution in [2.75, 3.05) is 13.1 Å². The number of alkyl halides is 3. The molecule has 16 heteroatoms. The highest BCUT2D eigenvalue weighted by Gasteiger charge is 2.69. The number of carbonyl (C=O) groups is 4. The quantitative estimate of drug-likeness (QED) is 0.304. The van der Waals surface area contributed by atoms with E-state index in [1.165, 1.54) is 24.8 Å². The lowest BCUT2D eigenvalue weighted by molar-refractivity contribution is -0.142. The van der Waals surface area contributed by atoms with Gasteiger partial charge in [0.05, 0.1) is 16.9 Å². The summed E-state index contributed by atoms with van der Waals surface area (Å²) in [4.78, 5) is 59.6. The minimum Gasteiger partial charge on any atom is -0.434 e. The molecule has 2 aliphatic heterocycles. The van der Waals surface area contributed by atoms with Crippen LogP contribution in [0.15, 0.2) is 22.6 Å². The number of benzene rings is 1. The van der Waals surface area contributed by atoms with E-state index >= 15 is 0 Å². The number of halogens is 3. The fourth-order valence-corrected chi connectivity index (χ4v) is 7.85. The number of nitrogens with zero attached hydrogens (tertiary/aromatic N) is 2. The normalized spacial score (nSPS) is 25.2. The van der Waals surface area contributed by atoms with Gasteiger partial charge in [0.15, 0.2) is 5.58 Å². The number of nitrogens with one attached hydrogen (secondary N) is 3. The second kappa shape index (κ2) is 12.2. The van der Waals surface area contributed by atoms with Crippen molar-refractivity contribution in [3.8, 4) is 0 Å². The molecule has 3 fully saturated rings. The molecule has 3 aliphatic rings. The zero-order valence-corrected chi connectivity index (χ0v) is 27.8. The average Bonchev–Trinajstić information content (AvgIpc) is 3.49. The number of oxazole rings is 1. The van der Waals surface area contributed by atoms with Gasteiger partial charge in [-0.2, -0.15) is 13.2 Å². The Labute approximate surface area is 270 Å². The largest absolute Gasteiger partial charge is 0.434 e. The fraction of sp³-hybridized carbons (Fsp3) is 0.645. The lowest BCUT2D eigenvalue weighted by Crippen LogP contribution is -2.59. The van der Waals surface area contributed by atoms with E-state index in [0.717, 1.165) is 12.1 Å². The third-order valence-corrected chi connectivity index (χ3v) is 11.7. The first-order valence-electron chi connectivity index (χ1n) is 15.7. The Morgan fingerprint density at radius 2 is 1.85 bits per heavy atom. The van der Waals surface area contributed by atoms with Gasteiger partial charge in [0.2, 0.25) is 33.5 Å². The molecule has 3 N–H and O–H groups in total. The summed E-state index contributed by atoms with van der Waals surface area (Å²) in [6, 6.07) is -0.468. The van der Waals surface area contributed by atoms with Gasteiger partial charge in [0.25, 0.3) is 5.89 Å². The summed E-state index contributed by atoms with van der Waals surface area (Å²) in [5, 5.41) is 4.55. The number of aromatic nitrogens is 1. The van der Waals surface area contributed by atoms with Crippen molar-refractivity contribution in [3.05, 3.63) is 29.7 Å². The van der Waals surface area contributed by atoms with E-state index in [9.17, 15) is 40.8 Å². The van der Waals surface area contributed by atoms with E-state index < -0.39 is 86.0 Å². The molecular formula is C31H40F3N5O7S. The summed E-state index contributed by atoms with van der Waals surface area (Å²) in [5.41, 5.74) is -2.26. The first-order valence-corrected chi connectivity index (χ1v) is 17.2. The van der Waals surface area contributed by atoms with E-state index in [2.05, 4.69) is 20.3 Å². The molecule has 3 amide bonds. The van der Waals surface area contributed by atoms with Crippen LogP contribution in [0.4, 0.5) is 13.2 Å². The summed E-state index contributed by atoms with van der Waals surface area (Å²) in [6.07, 6.45) is -4.58. The van der Waals surface area contributed by atoms with Crippen molar-refractivity contribution < 1.29 is 45.2 Å². The standard InChI is InChI=1S/C31H40F3N5O7S/c1-14(2)22(38-47(44,45)15(3)4)29(43)39-13-18-21(30(18,5)6)24(39)27(42)36-19(12-16-10-11-35-26(16)41)25(40)28-37-23-17(31(32,33)34)8-7-9-20(23)46-28/h7-9,14-16,18-19,21-22,24,38H,10-13H2,1-6H3,(H,35,41)(H,36,42)/t16-,18-,19-,21-,22-,24-/m0/s1. The topological polar surface area (TPSA) is 168 Å². The highest BCUT2D eigenvalue weighted by Crippen LogP contribution is 2.65. The van der Waals surface area contributed by atoms with Crippen molar-refractivity contribution in [2.24, 2.45) is 29.1 Å². The molecule has 0 bridgehead atoms. The summed E-state index contributed by atoms with van der Waals surface area (Å²) in [6.45, 7) is 10.8. The minimum absolute atomic E-state index is 0.0655. The Morgan fingerprint density at radius 3 is 2.43 bits per heavy atom. The Bertz CT molecular complexity index is 1700. The number of fused-ring (bicyclic) bond motifs is 2. The molecule has 5 rings (SSSR count). The number of amides is 3. The van der Waals surface area contributed by atoms with Gasteiger partial charge in [0.1, 0.15) is 17.6 Å². The predicted molar refractivity (Wildman–Crippen MR) is 163 cm³/mol. The van der Waals surface area contributed by atoms with E-state index in [-0.39, 0.29) is 41.7 Å². The SMILES string of the molecule is CC(C)[C@H](NS(=O)(=O)C(C)C)C(=O)N1C[C@H]2[C@@H]([C@H]1C(=O)N[C@@H](C[C@@H]1CCNC1=O)C(=O)c1nc3c(C(F)(F)F)cccc3o1)C2(C)C. The molecule has 1 aliphatic carbocycles. The fourth-order valence-electron chi connectivity index (χ4n) is 6.85. The van der Waals surface area contributed by atoms with E-state index in [1.807, 2.05) is 13.8 Å². The second-order valence-electron chi connectivity index (χ2n) is 13.9. The highest BCUT2D eigenvalue weighted by molar-refractivity contribution is 7.90. The smallest absolute Gasteiger partial charge is 0.418 e. The zero-order valence-electron chi connectivity index (χ0n) is 27.0. The number of Topliss-reactive ketones (excluding diaryl/α,β-unsaturated/α-hetero) is 1. The molecule has 2 saturated heterocycles. The van der Waals surface area contributed by atoms with Gasteiger partial charge >= 0.3 is 6.18 Å². The van der Waals surface area contributed by atoms with Gasteiger partial charge in [0, 0.05) is 19.0 Å². The molecule has 0 radical (unpaired) electrons. The van der Waals surface area contributed by atoms with Crippen LogP contribution >= 0.6 is 0 Å². The van der Waals surface area contributed by atoms with Crippen LogP contribution in [0.5, 0.6) is 0 Å². The van der Waals surface area contributed by atoms with Crippen LogP contribution in [-0.2, 0) is 30.6 Å². The lowest BCUT2D eigenvalue weighted by Gasteiger charge is -2.35. The van der Waals surface area contributed by atoms with Gasteiger partial charge in [-0.05, 0) is 62.0 Å². The van der Waals surface area contributed by atoms with Gasteiger partial charge < -0.3 is 20.0 Å². The molecule has 258 valence electrons. The summed E-state index contributed by atoms with van der Waals surface area (Å²) in [7, 11) is -3.85. The molecule has 3 heterocycles. The van der Waals surface area contributed by atoms with Crippen molar-refractivity contribution in [3.63, 3.8) is 0 Å². The van der Waals surface area contributed by atoms with E-state index in [0.29, 0.717) is 13.0 Å². The third-order valence-electron chi connectivity index (χ3n) is 9.86. The maximum absolute atomic E-state index is 14.1. The van der Waals surface area contributed by atoms with Crippen molar-refractivity contribution >= 4 is 44.6 Å². The second-order valence-corrected chi connectivity index (χ2v) is 16.2. The Morgan fingerprint density at radius 1 is 1.17 bits per heavy atom. The van der Waals surface area contributed by atoms with Gasteiger partial charge in [-0.25, -0.2) is 18.1 Å². The van der Waals surface area contributed by atoms with Crippen LogP contribution in [0.2, 0.25) is 0 Å². The zero-order chi connectivity index (χ0) is 34.8. The molecule has 1 aromatic carbocycles. The summed E-state index contributed by atoms with van der Waals surface area (Å²) in [5.74, 6) is -4.70. The number of para-hydroxylation sites is 1. The van der Waals surface area contributed by atoms with Crippen LogP contribution in [-0.4, -0.2) is 78.3 Å². The molecule has 12 nitrogen and oxygen atoms in total. The van der Waals surface area contributed by atoms with Crippen LogP contribution in [0, 0.1) is 29.1 Å². The van der Waals surface area contributed by atoms with Gasteiger partial charge in [-0.1, -0.05) is 33.8 Å². The van der Waals surface area contributed by atoms with E-state index in [1.54, 1.807) is 13.8 Å². The minimum atomic E-state index is -4.77. The Balaban J connectivity index is 1.46. The van der Waals surface area contributed by atoms with E-state index in [4.69, 9.17) is 4.42 Å². The first kappa shape index (κ1) is 34.8. The van der Waals surface area contributed by atoms with Crippen molar-refractivity contribution in [1.82, 2.24) is 25.2 Å². The predicted octanol–water partition coefficient (Wildman–Crippen LogP) is 2.88. The number of ketones is 1. The molecule has 0 spiro atoms. The average molecular weight is 684 g/mol. The highest BCUT2D eigenvalue weighted by atomic mass is 32.2. The van der Waals surface area contributed by atoms with Crippen LogP contribution in [0.1, 0.15) is 70.6 Å². The van der Waals surface area contributed by atoms with Crippen LogP contribution in [0.25, 0.3) is 11.1 Å². The maximum Gasteiger partial charge on any atom is 0.418 e. The summed E-state index contributed by atoms with van der Waals surface area (Å²) >= 11 is 0. The Hall–Kier alpha value is -3.53. The number of likely N-dealkylation sites (tertiary alicyclic amines) is 1. The molecule has 6 atom stereocenters. The molecule has 1 saturated carbocycles. The molecule has 47 heavy (non-hydrogen) atoms. The van der Waals surface area contributed by atoms with Gasteiger partial charge in [-0.15, -0.1) is 0 Å². The number of piperidine rings is 1. The molecule has 1 aromatic heterocycles.